The Bertz CT molecular complexity index is 1170. The van der Waals surface area contributed by atoms with Crippen molar-refractivity contribution in [1.82, 2.24) is 24.3 Å². The lowest BCUT2D eigenvalue weighted by Crippen LogP contribution is -2.19. The first-order valence-corrected chi connectivity index (χ1v) is 8.76. The number of aromatic nitrogens is 5. The summed E-state index contributed by atoms with van der Waals surface area (Å²) < 4.78 is 43.8. The van der Waals surface area contributed by atoms with Crippen molar-refractivity contribution in [3.05, 3.63) is 59.5 Å². The Hall–Kier alpha value is -3.56. The van der Waals surface area contributed by atoms with Crippen LogP contribution < -0.4 is 10.3 Å². The molecule has 0 spiro atoms. The smallest absolute Gasteiger partial charge is 0.406 e. The van der Waals surface area contributed by atoms with Crippen LogP contribution in [0.25, 0.3) is 27.8 Å². The van der Waals surface area contributed by atoms with Gasteiger partial charge in [0.05, 0.1) is 12.5 Å². The SMILES string of the molecule is CC.Cn1cc(-c2cn(-c3ccc(OC(F)(F)F)cc3)c(=O)c3[nH]cnc23)cn1. The Kier molecular flexibility index (Phi) is 5.44. The quantitative estimate of drug-likeness (QED) is 0.558. The van der Waals surface area contributed by atoms with Crippen molar-refractivity contribution in [2.45, 2.75) is 20.2 Å². The second kappa shape index (κ2) is 7.82. The minimum Gasteiger partial charge on any atom is -0.406 e. The van der Waals surface area contributed by atoms with Gasteiger partial charge in [-0.2, -0.15) is 5.10 Å². The summed E-state index contributed by atoms with van der Waals surface area (Å²) in [4.78, 5) is 19.8. The Labute approximate surface area is 163 Å². The third kappa shape index (κ3) is 4.15. The number of fused-ring (bicyclic) bond motifs is 1. The maximum atomic E-state index is 12.8. The molecule has 3 heterocycles. The van der Waals surface area contributed by atoms with Crippen LogP contribution in [0.15, 0.2) is 54.0 Å². The third-order valence-electron chi connectivity index (χ3n) is 3.95. The number of halogens is 3. The van der Waals surface area contributed by atoms with Gasteiger partial charge in [0.1, 0.15) is 16.8 Å². The molecule has 0 saturated carbocycles. The Morgan fingerprint density at radius 1 is 1.10 bits per heavy atom. The number of hydrogen-bond acceptors (Lipinski definition) is 4. The number of rotatable bonds is 3. The van der Waals surface area contributed by atoms with Gasteiger partial charge in [0.25, 0.3) is 5.56 Å². The molecular weight excluding hydrogens is 387 g/mol. The molecule has 152 valence electrons. The number of aryl methyl sites for hydroxylation is 1. The van der Waals surface area contributed by atoms with E-state index in [2.05, 4.69) is 19.8 Å². The summed E-state index contributed by atoms with van der Waals surface area (Å²) in [5, 5.41) is 4.12. The zero-order valence-electron chi connectivity index (χ0n) is 15.9. The predicted molar refractivity (Wildman–Crippen MR) is 102 cm³/mol. The van der Waals surface area contributed by atoms with Gasteiger partial charge in [-0.3, -0.25) is 14.0 Å². The fraction of sp³-hybridized carbons (Fsp3) is 0.211. The van der Waals surface area contributed by atoms with E-state index in [9.17, 15) is 18.0 Å². The molecular formula is C19H18F3N5O2. The van der Waals surface area contributed by atoms with E-state index < -0.39 is 6.36 Å². The fourth-order valence-electron chi connectivity index (χ4n) is 2.80. The van der Waals surface area contributed by atoms with Crippen molar-refractivity contribution in [3.63, 3.8) is 0 Å². The van der Waals surface area contributed by atoms with E-state index in [1.807, 2.05) is 13.8 Å². The average Bonchev–Trinajstić information content (AvgIpc) is 3.33. The van der Waals surface area contributed by atoms with Crippen molar-refractivity contribution in [3.8, 4) is 22.6 Å². The number of ether oxygens (including phenoxy) is 1. The first kappa shape index (κ1) is 20.2. The molecule has 0 atom stereocenters. The van der Waals surface area contributed by atoms with Gasteiger partial charge in [0, 0.05) is 36.3 Å². The second-order valence-corrected chi connectivity index (χ2v) is 5.79. The molecule has 0 amide bonds. The van der Waals surface area contributed by atoms with E-state index in [0.717, 1.165) is 17.7 Å². The van der Waals surface area contributed by atoms with Crippen LogP contribution in [0, 0.1) is 0 Å². The van der Waals surface area contributed by atoms with Crippen LogP contribution in [0.4, 0.5) is 13.2 Å². The zero-order valence-corrected chi connectivity index (χ0v) is 15.9. The number of benzene rings is 1. The number of hydrogen-bond donors (Lipinski definition) is 1. The average molecular weight is 405 g/mol. The van der Waals surface area contributed by atoms with Gasteiger partial charge in [-0.1, -0.05) is 13.8 Å². The molecule has 0 aliphatic rings. The van der Waals surface area contributed by atoms with Gasteiger partial charge in [0.15, 0.2) is 0 Å². The topological polar surface area (TPSA) is 77.7 Å². The second-order valence-electron chi connectivity index (χ2n) is 5.79. The van der Waals surface area contributed by atoms with E-state index in [1.165, 1.54) is 23.0 Å². The van der Waals surface area contributed by atoms with Gasteiger partial charge in [-0.25, -0.2) is 4.98 Å². The number of pyridine rings is 1. The molecule has 10 heteroatoms. The van der Waals surface area contributed by atoms with Crippen molar-refractivity contribution in [2.75, 3.05) is 0 Å². The molecule has 0 aliphatic carbocycles. The van der Waals surface area contributed by atoms with Crippen molar-refractivity contribution in [1.29, 1.82) is 0 Å². The summed E-state index contributed by atoms with van der Waals surface area (Å²) in [5.74, 6) is -0.366. The van der Waals surface area contributed by atoms with Gasteiger partial charge in [-0.15, -0.1) is 13.2 Å². The van der Waals surface area contributed by atoms with Crippen LogP contribution in [-0.4, -0.2) is 30.7 Å². The number of H-pyrrole nitrogens is 1. The maximum absolute atomic E-state index is 12.8. The van der Waals surface area contributed by atoms with E-state index in [4.69, 9.17) is 0 Å². The molecule has 1 aromatic carbocycles. The summed E-state index contributed by atoms with van der Waals surface area (Å²) >= 11 is 0. The first-order chi connectivity index (χ1) is 13.8. The molecule has 0 bridgehead atoms. The minimum absolute atomic E-state index is 0.284. The predicted octanol–water partition coefficient (Wildman–Crippen LogP) is 4.04. The fourth-order valence-corrected chi connectivity index (χ4v) is 2.80. The molecule has 1 N–H and O–H groups in total. The number of aromatic amines is 1. The van der Waals surface area contributed by atoms with Crippen molar-refractivity contribution >= 4 is 11.0 Å². The molecule has 29 heavy (non-hydrogen) atoms. The summed E-state index contributed by atoms with van der Waals surface area (Å²) in [6, 6.07) is 5.04. The van der Waals surface area contributed by atoms with Crippen LogP contribution in [0.1, 0.15) is 13.8 Å². The van der Waals surface area contributed by atoms with E-state index >= 15 is 0 Å². The molecule has 4 rings (SSSR count). The number of nitrogens with zero attached hydrogens (tertiary/aromatic N) is 4. The lowest BCUT2D eigenvalue weighted by molar-refractivity contribution is -0.274. The van der Waals surface area contributed by atoms with Crippen LogP contribution in [-0.2, 0) is 7.05 Å². The standard InChI is InChI=1S/C17H12F3N5O2.C2H6/c1-24-7-10(6-23-24)13-8-25(16(26)15-14(13)21-9-22-15)11-2-4-12(5-3-11)27-17(18,19)20;1-2/h2-9H,1H3,(H,21,22);1-2H3. The van der Waals surface area contributed by atoms with Crippen molar-refractivity contribution < 1.29 is 17.9 Å². The van der Waals surface area contributed by atoms with Gasteiger partial charge in [0.2, 0.25) is 0 Å². The monoisotopic (exact) mass is 405 g/mol. The van der Waals surface area contributed by atoms with Gasteiger partial charge < -0.3 is 9.72 Å². The molecule has 0 saturated heterocycles. The molecule has 7 nitrogen and oxygen atoms in total. The molecule has 0 radical (unpaired) electrons. The Morgan fingerprint density at radius 2 is 1.79 bits per heavy atom. The number of nitrogens with one attached hydrogen (secondary N) is 1. The molecule has 4 aromatic rings. The molecule has 3 aromatic heterocycles. The highest BCUT2D eigenvalue weighted by Gasteiger charge is 2.31. The van der Waals surface area contributed by atoms with Crippen LogP contribution in [0.5, 0.6) is 5.75 Å². The zero-order chi connectivity index (χ0) is 21.2. The van der Waals surface area contributed by atoms with Crippen LogP contribution in [0.2, 0.25) is 0 Å². The maximum Gasteiger partial charge on any atom is 0.573 e. The van der Waals surface area contributed by atoms with Crippen LogP contribution >= 0.6 is 0 Å². The Morgan fingerprint density at radius 3 is 2.38 bits per heavy atom. The molecule has 0 unspecified atom stereocenters. The van der Waals surface area contributed by atoms with E-state index in [0.29, 0.717) is 16.8 Å². The van der Waals surface area contributed by atoms with Crippen LogP contribution in [0.3, 0.4) is 0 Å². The number of imidazole rings is 1. The van der Waals surface area contributed by atoms with Crippen molar-refractivity contribution in [2.24, 2.45) is 7.05 Å². The summed E-state index contributed by atoms with van der Waals surface area (Å²) in [6.07, 6.45) is 1.64. The minimum atomic E-state index is -4.78. The lowest BCUT2D eigenvalue weighted by Gasteiger charge is -2.11. The molecule has 0 fully saturated rings. The normalized spacial score (nSPS) is 11.2. The highest BCUT2D eigenvalue weighted by atomic mass is 19.4. The highest BCUT2D eigenvalue weighted by molar-refractivity contribution is 5.90. The third-order valence-corrected chi connectivity index (χ3v) is 3.95. The summed E-state index contributed by atoms with van der Waals surface area (Å²) in [6.45, 7) is 4.00. The largest absolute Gasteiger partial charge is 0.573 e. The Balaban J connectivity index is 0.00000117. The lowest BCUT2D eigenvalue weighted by atomic mass is 10.1. The number of alkyl halides is 3. The van der Waals surface area contributed by atoms with Gasteiger partial charge in [-0.05, 0) is 24.3 Å². The van der Waals surface area contributed by atoms with Gasteiger partial charge >= 0.3 is 6.36 Å². The van der Waals surface area contributed by atoms with E-state index in [-0.39, 0.29) is 16.8 Å². The molecule has 0 aliphatic heterocycles. The van der Waals surface area contributed by atoms with E-state index in [1.54, 1.807) is 30.3 Å². The summed E-state index contributed by atoms with van der Waals surface area (Å²) in [7, 11) is 1.76. The first-order valence-electron chi connectivity index (χ1n) is 8.76. The highest BCUT2D eigenvalue weighted by Crippen LogP contribution is 2.27. The summed E-state index contributed by atoms with van der Waals surface area (Å²) in [5.41, 5.74) is 2.19.